The van der Waals surface area contributed by atoms with Crippen molar-refractivity contribution < 1.29 is 18.1 Å². The molecule has 3 aromatic rings. The van der Waals surface area contributed by atoms with Crippen LogP contribution in [0.3, 0.4) is 0 Å². The second kappa shape index (κ2) is 8.50. The third-order valence-electron chi connectivity index (χ3n) is 5.32. The lowest BCUT2D eigenvalue weighted by Gasteiger charge is -2.14. The van der Waals surface area contributed by atoms with Gasteiger partial charge in [-0.05, 0) is 16.7 Å². The van der Waals surface area contributed by atoms with Crippen molar-refractivity contribution in [3.63, 3.8) is 0 Å². The van der Waals surface area contributed by atoms with Crippen molar-refractivity contribution in [3.8, 4) is 0 Å². The van der Waals surface area contributed by atoms with E-state index in [4.69, 9.17) is 11.5 Å². The molecule has 174 valence electrons. The molecule has 1 heterocycles. The molecule has 34 heavy (non-hydrogen) atoms. The SMILES string of the molecule is Nc1cc([N+](=O)[O-])cc(N)c1NCc1ccc(/C=C/c2ccc(C3(C(F)(F)F)N=N3)cc2)cc1. The predicted octanol–water partition coefficient (Wildman–Crippen LogP) is 5.72. The van der Waals surface area contributed by atoms with E-state index in [0.717, 1.165) is 16.7 Å². The van der Waals surface area contributed by atoms with Gasteiger partial charge in [-0.1, -0.05) is 60.7 Å². The Labute approximate surface area is 192 Å². The molecule has 0 bridgehead atoms. The van der Waals surface area contributed by atoms with Crippen molar-refractivity contribution in [2.45, 2.75) is 18.4 Å². The summed E-state index contributed by atoms with van der Waals surface area (Å²) in [6, 6.07) is 15.9. The Morgan fingerprint density at radius 1 is 0.941 bits per heavy atom. The second-order valence-electron chi connectivity index (χ2n) is 7.68. The van der Waals surface area contributed by atoms with E-state index in [1.54, 1.807) is 18.2 Å². The number of hydrogen-bond donors (Lipinski definition) is 3. The van der Waals surface area contributed by atoms with Gasteiger partial charge in [0.2, 0.25) is 0 Å². The summed E-state index contributed by atoms with van der Waals surface area (Å²) in [5, 5.41) is 20.4. The van der Waals surface area contributed by atoms with Crippen molar-refractivity contribution >= 4 is 34.9 Å². The molecular formula is C23H19F3N6O2. The van der Waals surface area contributed by atoms with E-state index in [0.29, 0.717) is 12.2 Å². The van der Waals surface area contributed by atoms with E-state index in [-0.39, 0.29) is 22.6 Å². The fraction of sp³-hybridized carbons (Fsp3) is 0.130. The highest BCUT2D eigenvalue weighted by Crippen LogP contribution is 2.52. The average molecular weight is 468 g/mol. The van der Waals surface area contributed by atoms with Crippen LogP contribution in [0, 0.1) is 10.1 Å². The van der Waals surface area contributed by atoms with Crippen molar-refractivity contribution in [1.29, 1.82) is 0 Å². The number of halogens is 3. The van der Waals surface area contributed by atoms with Gasteiger partial charge in [-0.2, -0.15) is 13.2 Å². The van der Waals surface area contributed by atoms with E-state index in [1.165, 1.54) is 24.3 Å². The molecule has 0 unspecified atom stereocenters. The molecule has 0 fully saturated rings. The van der Waals surface area contributed by atoms with Gasteiger partial charge in [0.05, 0.1) is 22.0 Å². The first kappa shape index (κ1) is 22.8. The molecule has 8 nitrogen and oxygen atoms in total. The Balaban J connectivity index is 1.38. The van der Waals surface area contributed by atoms with Gasteiger partial charge >= 0.3 is 11.8 Å². The molecule has 1 aliphatic heterocycles. The zero-order valence-electron chi connectivity index (χ0n) is 17.6. The Kier molecular flexibility index (Phi) is 5.70. The molecule has 11 heteroatoms. The second-order valence-corrected chi connectivity index (χ2v) is 7.68. The topological polar surface area (TPSA) is 132 Å². The number of nitrogens with one attached hydrogen (secondary N) is 1. The largest absolute Gasteiger partial charge is 0.442 e. The van der Waals surface area contributed by atoms with Gasteiger partial charge in [0, 0.05) is 24.2 Å². The van der Waals surface area contributed by atoms with E-state index in [2.05, 4.69) is 15.5 Å². The molecule has 5 N–H and O–H groups in total. The molecule has 4 rings (SSSR count). The standard InChI is InChI=1S/C23H19F3N6O2/c24-23(25,26)22(30-31-22)17-9-7-15(8-10-17)2-1-14-3-5-16(6-4-14)13-29-21-19(27)11-18(32(33)34)12-20(21)28/h1-12,29H,13,27-28H2/b2-1+. The maximum absolute atomic E-state index is 13.1. The molecule has 3 aromatic carbocycles. The lowest BCUT2D eigenvalue weighted by molar-refractivity contribution is -0.384. The Morgan fingerprint density at radius 2 is 1.44 bits per heavy atom. The number of anilines is 3. The van der Waals surface area contributed by atoms with Crippen LogP contribution < -0.4 is 16.8 Å². The Morgan fingerprint density at radius 3 is 1.88 bits per heavy atom. The third kappa shape index (κ3) is 4.53. The van der Waals surface area contributed by atoms with Crippen LogP contribution in [-0.2, 0) is 12.2 Å². The van der Waals surface area contributed by atoms with Gasteiger partial charge < -0.3 is 16.8 Å². The molecule has 0 amide bonds. The molecule has 0 saturated heterocycles. The highest BCUT2D eigenvalue weighted by Gasteiger charge is 2.65. The Bertz CT molecular complexity index is 1260. The monoisotopic (exact) mass is 468 g/mol. The van der Waals surface area contributed by atoms with Crippen LogP contribution >= 0.6 is 0 Å². The zero-order valence-corrected chi connectivity index (χ0v) is 17.6. The summed E-state index contributed by atoms with van der Waals surface area (Å²) in [4.78, 5) is 10.3. The van der Waals surface area contributed by atoms with Crippen molar-refractivity contribution in [2.24, 2.45) is 10.2 Å². The molecule has 0 aliphatic carbocycles. The Hall–Kier alpha value is -4.41. The average Bonchev–Trinajstić information content (AvgIpc) is 3.60. The van der Waals surface area contributed by atoms with Gasteiger partial charge in [0.25, 0.3) is 5.69 Å². The molecule has 0 spiro atoms. The van der Waals surface area contributed by atoms with E-state index in [1.807, 2.05) is 30.3 Å². The first-order chi connectivity index (χ1) is 16.1. The van der Waals surface area contributed by atoms with E-state index >= 15 is 0 Å². The number of alkyl halides is 3. The van der Waals surface area contributed by atoms with Crippen molar-refractivity contribution in [3.05, 3.63) is 93.0 Å². The first-order valence-corrected chi connectivity index (χ1v) is 10.0. The summed E-state index contributed by atoms with van der Waals surface area (Å²) in [7, 11) is 0. The summed E-state index contributed by atoms with van der Waals surface area (Å²) in [5.41, 5.74) is 12.5. The molecule has 1 aliphatic rings. The summed E-state index contributed by atoms with van der Waals surface area (Å²) in [5.74, 6) is 0. The van der Waals surface area contributed by atoms with Crippen molar-refractivity contribution in [2.75, 3.05) is 16.8 Å². The molecular weight excluding hydrogens is 449 g/mol. The summed E-state index contributed by atoms with van der Waals surface area (Å²) < 4.78 is 39.2. The van der Waals surface area contributed by atoms with Crippen LogP contribution in [-0.4, -0.2) is 11.1 Å². The van der Waals surface area contributed by atoms with Gasteiger partial charge in [0.15, 0.2) is 0 Å². The number of nitrogen functional groups attached to an aromatic ring is 2. The fourth-order valence-electron chi connectivity index (χ4n) is 3.38. The van der Waals surface area contributed by atoms with Crippen LogP contribution in [0.4, 0.5) is 35.9 Å². The predicted molar refractivity (Wildman–Crippen MR) is 124 cm³/mol. The third-order valence-corrected chi connectivity index (χ3v) is 5.32. The normalized spacial score (nSPS) is 14.3. The van der Waals surface area contributed by atoms with Crippen LogP contribution in [0.2, 0.25) is 0 Å². The first-order valence-electron chi connectivity index (χ1n) is 10.0. The zero-order chi connectivity index (χ0) is 24.5. The fourth-order valence-corrected chi connectivity index (χ4v) is 3.38. The van der Waals surface area contributed by atoms with Crippen molar-refractivity contribution in [1.82, 2.24) is 0 Å². The maximum Gasteiger partial charge on any atom is 0.442 e. The molecule has 0 radical (unpaired) electrons. The summed E-state index contributed by atoms with van der Waals surface area (Å²) >= 11 is 0. The smallest absolute Gasteiger partial charge is 0.397 e. The molecule has 0 atom stereocenters. The minimum atomic E-state index is -4.54. The van der Waals surface area contributed by atoms with E-state index in [9.17, 15) is 23.3 Å². The van der Waals surface area contributed by atoms with E-state index < -0.39 is 16.8 Å². The van der Waals surface area contributed by atoms with Crippen LogP contribution in [0.15, 0.2) is 70.9 Å². The highest BCUT2D eigenvalue weighted by atomic mass is 19.4. The molecule has 0 aromatic heterocycles. The van der Waals surface area contributed by atoms with Gasteiger partial charge in [-0.25, -0.2) is 0 Å². The van der Waals surface area contributed by atoms with Crippen LogP contribution in [0.5, 0.6) is 0 Å². The lowest BCUT2D eigenvalue weighted by atomic mass is 10.0. The number of nitrogens with zero attached hydrogens (tertiary/aromatic N) is 3. The minimum Gasteiger partial charge on any atom is -0.397 e. The summed E-state index contributed by atoms with van der Waals surface area (Å²) in [6.45, 7) is 0.398. The highest BCUT2D eigenvalue weighted by molar-refractivity contribution is 5.82. The number of hydrogen-bond acceptors (Lipinski definition) is 7. The van der Waals surface area contributed by atoms with Gasteiger partial charge in [-0.3, -0.25) is 10.1 Å². The number of nitro groups is 1. The number of benzene rings is 3. The number of nitrogens with two attached hydrogens (primary N) is 2. The summed E-state index contributed by atoms with van der Waals surface area (Å²) in [6.07, 6.45) is -0.919. The quantitative estimate of drug-likeness (QED) is 0.177. The van der Waals surface area contributed by atoms with Crippen LogP contribution in [0.1, 0.15) is 22.3 Å². The van der Waals surface area contributed by atoms with Gasteiger partial charge in [-0.15, -0.1) is 10.2 Å². The number of non-ortho nitro benzene ring substituents is 1. The van der Waals surface area contributed by atoms with Gasteiger partial charge in [0.1, 0.15) is 0 Å². The minimum absolute atomic E-state index is 0.0108. The number of nitro benzene ring substituents is 1. The van der Waals surface area contributed by atoms with Crippen LogP contribution in [0.25, 0.3) is 12.2 Å². The maximum atomic E-state index is 13.1. The molecule has 0 saturated carbocycles. The number of rotatable bonds is 7. The lowest BCUT2D eigenvalue weighted by Crippen LogP contribution is -2.29.